The Morgan fingerprint density at radius 2 is 1.06 bits per heavy atom. The van der Waals surface area contributed by atoms with E-state index < -0.39 is 0 Å². The predicted molar refractivity (Wildman–Crippen MR) is 146 cm³/mol. The summed E-state index contributed by atoms with van der Waals surface area (Å²) in [5.41, 5.74) is 0. The molecular formula is C30H58NO3. The molecule has 0 aromatic rings. The molecule has 0 aromatic carbocycles. The molecule has 1 radical (unpaired) electrons. The number of esters is 1. The Kier molecular flexibility index (Phi) is 25.7. The zero-order chi connectivity index (χ0) is 25.1. The smallest absolute Gasteiger partial charge is 0.306 e. The van der Waals surface area contributed by atoms with Gasteiger partial charge >= 0.3 is 5.97 Å². The van der Waals surface area contributed by atoms with Crippen molar-refractivity contribution in [1.29, 1.82) is 0 Å². The van der Waals surface area contributed by atoms with Crippen LogP contribution in [0.2, 0.25) is 0 Å². The summed E-state index contributed by atoms with van der Waals surface area (Å²) in [6, 6.07) is 0. The van der Waals surface area contributed by atoms with Crippen molar-refractivity contribution in [3.63, 3.8) is 0 Å². The number of carbonyl (C=O) groups excluding carboxylic acids is 2. The number of rotatable bonds is 26. The number of carbonyl (C=O) groups is 2. The summed E-state index contributed by atoms with van der Waals surface area (Å²) in [6.45, 7) is 7.95. The van der Waals surface area contributed by atoms with Gasteiger partial charge in [0.2, 0.25) is 5.91 Å². The van der Waals surface area contributed by atoms with E-state index in [1.165, 1.54) is 103 Å². The molecule has 1 atom stereocenters. The first-order chi connectivity index (χ1) is 16.6. The van der Waals surface area contributed by atoms with Gasteiger partial charge in [-0.05, 0) is 26.2 Å². The minimum atomic E-state index is -0.287. The van der Waals surface area contributed by atoms with Gasteiger partial charge < -0.3 is 10.1 Å². The van der Waals surface area contributed by atoms with Crippen LogP contribution < -0.4 is 5.32 Å². The van der Waals surface area contributed by atoms with Crippen LogP contribution in [0.5, 0.6) is 0 Å². The fraction of sp³-hybridized carbons (Fsp3) is 0.900. The first kappa shape index (κ1) is 32.9. The van der Waals surface area contributed by atoms with Gasteiger partial charge in [0.05, 0.1) is 6.42 Å². The standard InChI is InChI=1S/C30H58NO3/c1-4-7-9-11-13-15-16-18-20-22-24-26-30(33)34-28(27-29(32)31-6-3)25-23-21-19-17-14-12-10-8-5-2/h6,28H,4-5,7-27H2,1-3H3,(H,31,32)/t28-/m1/s1. The van der Waals surface area contributed by atoms with E-state index in [0.29, 0.717) is 6.42 Å². The predicted octanol–water partition coefficient (Wildman–Crippen LogP) is 9.21. The molecule has 4 nitrogen and oxygen atoms in total. The molecule has 0 aliphatic carbocycles. The Bertz CT molecular complexity index is 452. The number of hydrogen-bond donors (Lipinski definition) is 1. The number of nitrogens with one attached hydrogen (secondary N) is 1. The fourth-order valence-electron chi connectivity index (χ4n) is 4.49. The summed E-state index contributed by atoms with van der Waals surface area (Å²) in [5, 5.41) is 2.72. The third-order valence-corrected chi connectivity index (χ3v) is 6.63. The first-order valence-electron chi connectivity index (χ1n) is 14.9. The second-order valence-electron chi connectivity index (χ2n) is 10.1. The maximum absolute atomic E-state index is 12.4. The van der Waals surface area contributed by atoms with Crippen LogP contribution in [-0.4, -0.2) is 18.0 Å². The molecule has 0 unspecified atom stereocenters. The van der Waals surface area contributed by atoms with E-state index >= 15 is 0 Å². The number of hydrogen-bond acceptors (Lipinski definition) is 3. The van der Waals surface area contributed by atoms with Crippen LogP contribution in [0.1, 0.15) is 168 Å². The molecule has 0 spiro atoms. The molecule has 201 valence electrons. The van der Waals surface area contributed by atoms with Crippen LogP contribution in [-0.2, 0) is 14.3 Å². The van der Waals surface area contributed by atoms with Crippen molar-refractivity contribution in [3.8, 4) is 0 Å². The van der Waals surface area contributed by atoms with Crippen molar-refractivity contribution < 1.29 is 14.3 Å². The van der Waals surface area contributed by atoms with Gasteiger partial charge in [0.1, 0.15) is 6.10 Å². The van der Waals surface area contributed by atoms with Gasteiger partial charge in [-0.3, -0.25) is 9.59 Å². The maximum atomic E-state index is 12.4. The van der Waals surface area contributed by atoms with Crippen LogP contribution in [0.3, 0.4) is 0 Å². The van der Waals surface area contributed by atoms with Gasteiger partial charge in [-0.25, -0.2) is 0 Å². The van der Waals surface area contributed by atoms with Crippen molar-refractivity contribution in [2.75, 3.05) is 0 Å². The van der Waals surface area contributed by atoms with Gasteiger partial charge in [-0.2, -0.15) is 0 Å². The van der Waals surface area contributed by atoms with Crippen molar-refractivity contribution in [1.82, 2.24) is 5.32 Å². The lowest BCUT2D eigenvalue weighted by atomic mass is 10.0. The summed E-state index contributed by atoms with van der Waals surface area (Å²) >= 11 is 0. The third-order valence-electron chi connectivity index (χ3n) is 6.63. The minimum Gasteiger partial charge on any atom is -0.462 e. The summed E-state index contributed by atoms with van der Waals surface area (Å²) in [4.78, 5) is 24.4. The Morgan fingerprint density at radius 1 is 0.647 bits per heavy atom. The molecule has 0 heterocycles. The number of ether oxygens (including phenoxy) is 1. The summed E-state index contributed by atoms with van der Waals surface area (Å²) in [7, 11) is 0. The highest BCUT2D eigenvalue weighted by Gasteiger charge is 2.18. The molecule has 1 N–H and O–H groups in total. The van der Waals surface area contributed by atoms with Crippen molar-refractivity contribution in [3.05, 3.63) is 6.54 Å². The summed E-state index contributed by atoms with van der Waals surface area (Å²) < 4.78 is 5.72. The van der Waals surface area contributed by atoms with E-state index in [4.69, 9.17) is 4.74 Å². The SMILES string of the molecule is C[CH]NC(=O)C[C@@H](CCCCCCCCCCC)OC(=O)CCCCCCCCCCCCC. The van der Waals surface area contributed by atoms with Gasteiger partial charge in [0.25, 0.3) is 0 Å². The third kappa shape index (κ3) is 24.1. The molecule has 0 saturated heterocycles. The van der Waals surface area contributed by atoms with Crippen LogP contribution in [0, 0.1) is 6.54 Å². The topological polar surface area (TPSA) is 55.4 Å². The zero-order valence-corrected chi connectivity index (χ0v) is 23.1. The molecule has 0 saturated carbocycles. The van der Waals surface area contributed by atoms with Crippen LogP contribution in [0.4, 0.5) is 0 Å². The molecule has 0 aromatic heterocycles. The van der Waals surface area contributed by atoms with Gasteiger partial charge in [-0.1, -0.05) is 129 Å². The van der Waals surface area contributed by atoms with Crippen molar-refractivity contribution >= 4 is 11.9 Å². The lowest BCUT2D eigenvalue weighted by Crippen LogP contribution is -2.28. The first-order valence-corrected chi connectivity index (χ1v) is 14.9. The molecular weight excluding hydrogens is 422 g/mol. The highest BCUT2D eigenvalue weighted by Crippen LogP contribution is 2.16. The minimum absolute atomic E-state index is 0.0640. The quantitative estimate of drug-likeness (QED) is 0.0991. The number of amides is 1. The van der Waals surface area contributed by atoms with E-state index in [9.17, 15) is 9.59 Å². The maximum Gasteiger partial charge on any atom is 0.306 e. The van der Waals surface area contributed by atoms with Crippen molar-refractivity contribution in [2.45, 2.75) is 175 Å². The van der Waals surface area contributed by atoms with E-state index in [2.05, 4.69) is 19.2 Å². The van der Waals surface area contributed by atoms with Crippen LogP contribution >= 0.6 is 0 Å². The van der Waals surface area contributed by atoms with Crippen LogP contribution in [0.25, 0.3) is 0 Å². The lowest BCUT2D eigenvalue weighted by molar-refractivity contribution is -0.150. The molecule has 0 aliphatic heterocycles. The average Bonchev–Trinajstić information content (AvgIpc) is 2.81. The second-order valence-corrected chi connectivity index (χ2v) is 10.1. The lowest BCUT2D eigenvalue weighted by Gasteiger charge is -2.17. The number of unbranched alkanes of at least 4 members (excludes halogenated alkanes) is 18. The highest BCUT2D eigenvalue weighted by molar-refractivity contribution is 5.77. The average molecular weight is 481 g/mol. The van der Waals surface area contributed by atoms with E-state index in [1.54, 1.807) is 13.5 Å². The van der Waals surface area contributed by atoms with Crippen LogP contribution in [0.15, 0.2) is 0 Å². The Balaban J connectivity index is 3.91. The molecule has 1 amide bonds. The molecule has 0 rings (SSSR count). The summed E-state index contributed by atoms with van der Waals surface area (Å²) in [5.74, 6) is -0.198. The summed E-state index contributed by atoms with van der Waals surface area (Å²) in [6.07, 6.45) is 26.6. The fourth-order valence-corrected chi connectivity index (χ4v) is 4.49. The van der Waals surface area contributed by atoms with Gasteiger partial charge in [0.15, 0.2) is 0 Å². The van der Waals surface area contributed by atoms with E-state index in [-0.39, 0.29) is 24.4 Å². The van der Waals surface area contributed by atoms with Gasteiger partial charge in [-0.15, -0.1) is 0 Å². The van der Waals surface area contributed by atoms with Gasteiger partial charge in [0, 0.05) is 13.0 Å². The van der Waals surface area contributed by atoms with E-state index in [1.807, 2.05) is 0 Å². The monoisotopic (exact) mass is 480 g/mol. The molecule has 0 bridgehead atoms. The normalized spacial score (nSPS) is 12.0. The molecule has 0 aliphatic rings. The molecule has 0 fully saturated rings. The Morgan fingerprint density at radius 3 is 1.50 bits per heavy atom. The Labute approximate surface area is 212 Å². The zero-order valence-electron chi connectivity index (χ0n) is 23.1. The van der Waals surface area contributed by atoms with Crippen molar-refractivity contribution in [2.24, 2.45) is 0 Å². The second kappa shape index (κ2) is 26.5. The highest BCUT2D eigenvalue weighted by atomic mass is 16.5. The molecule has 4 heteroatoms. The molecule has 34 heavy (non-hydrogen) atoms. The largest absolute Gasteiger partial charge is 0.462 e. The van der Waals surface area contributed by atoms with E-state index in [0.717, 1.165) is 32.1 Å². The Hall–Kier alpha value is -1.06.